The zero-order chi connectivity index (χ0) is 17.1. The number of amides is 2. The van der Waals surface area contributed by atoms with Gasteiger partial charge in [-0.25, -0.2) is 9.69 Å². The second-order valence-electron chi connectivity index (χ2n) is 4.72. The van der Waals surface area contributed by atoms with Gasteiger partial charge in [-0.1, -0.05) is 12.1 Å². The Kier molecular flexibility index (Phi) is 5.29. The van der Waals surface area contributed by atoms with E-state index in [1.54, 1.807) is 0 Å². The first-order valence-corrected chi connectivity index (χ1v) is 6.23. The monoisotopic (exact) mass is 317 g/mol. The molecule has 0 radical (unpaired) electrons. The van der Waals surface area contributed by atoms with E-state index in [0.717, 1.165) is 25.1 Å². The highest BCUT2D eigenvalue weighted by Gasteiger charge is 2.34. The summed E-state index contributed by atoms with van der Waals surface area (Å²) in [4.78, 5) is 34.3. The van der Waals surface area contributed by atoms with Gasteiger partial charge < -0.3 is 5.11 Å². The van der Waals surface area contributed by atoms with Gasteiger partial charge in [0.15, 0.2) is 0 Å². The van der Waals surface area contributed by atoms with Crippen LogP contribution in [-0.2, 0) is 15.8 Å². The lowest BCUT2D eigenvalue weighted by Gasteiger charge is -2.27. The Labute approximate surface area is 124 Å². The van der Waals surface area contributed by atoms with Crippen LogP contribution in [0.4, 0.5) is 18.0 Å². The molecule has 2 amide bonds. The fourth-order valence-electron chi connectivity index (χ4n) is 2.04. The molecule has 0 aliphatic heterocycles. The molecule has 1 aromatic carbocycles. The molecule has 0 aromatic heterocycles. The van der Waals surface area contributed by atoms with Crippen molar-refractivity contribution in [3.63, 3.8) is 0 Å². The maximum Gasteiger partial charge on any atom is 0.416 e. The molecule has 5 nitrogen and oxygen atoms in total. The third kappa shape index (κ3) is 4.31. The summed E-state index contributed by atoms with van der Waals surface area (Å²) in [5.41, 5.74) is -1.05. The molecule has 0 spiro atoms. The van der Waals surface area contributed by atoms with Gasteiger partial charge in [0.2, 0.25) is 5.91 Å². The molecule has 0 saturated carbocycles. The third-order valence-electron chi connectivity index (χ3n) is 2.94. The summed E-state index contributed by atoms with van der Waals surface area (Å²) < 4.78 is 38.2. The molecule has 22 heavy (non-hydrogen) atoms. The minimum atomic E-state index is -4.61. The minimum absolute atomic E-state index is 0.0670. The van der Waals surface area contributed by atoms with Crippen molar-refractivity contribution in [2.45, 2.75) is 32.5 Å². The Morgan fingerprint density at radius 3 is 2.23 bits per heavy atom. The number of imide groups is 1. The van der Waals surface area contributed by atoms with Crippen LogP contribution in [0, 0.1) is 0 Å². The lowest BCUT2D eigenvalue weighted by atomic mass is 9.98. The van der Waals surface area contributed by atoms with E-state index in [2.05, 4.69) is 0 Å². The Morgan fingerprint density at radius 2 is 1.82 bits per heavy atom. The summed E-state index contributed by atoms with van der Waals surface area (Å²) >= 11 is 0. The van der Waals surface area contributed by atoms with Gasteiger partial charge >= 0.3 is 12.3 Å². The van der Waals surface area contributed by atoms with Crippen molar-refractivity contribution < 1.29 is 32.7 Å². The summed E-state index contributed by atoms with van der Waals surface area (Å²) in [6, 6.07) is 2.63. The predicted octanol–water partition coefficient (Wildman–Crippen LogP) is 3.25. The molecular formula is C14H14F3NO4. The Morgan fingerprint density at radius 1 is 1.23 bits per heavy atom. The fourth-order valence-corrected chi connectivity index (χ4v) is 2.04. The Hall–Kier alpha value is -2.38. The smallest absolute Gasteiger partial charge is 0.416 e. The predicted molar refractivity (Wildman–Crippen MR) is 70.0 cm³/mol. The second kappa shape index (κ2) is 6.59. The van der Waals surface area contributed by atoms with Crippen LogP contribution >= 0.6 is 0 Å². The van der Waals surface area contributed by atoms with Crippen molar-refractivity contribution in [2.24, 2.45) is 0 Å². The van der Waals surface area contributed by atoms with Crippen LogP contribution in [0.15, 0.2) is 24.3 Å². The van der Waals surface area contributed by atoms with E-state index in [0.29, 0.717) is 4.90 Å². The van der Waals surface area contributed by atoms with Crippen molar-refractivity contribution in [2.75, 3.05) is 0 Å². The van der Waals surface area contributed by atoms with Crippen LogP contribution < -0.4 is 0 Å². The molecule has 1 N–H and O–H groups in total. The molecule has 1 aromatic rings. The number of carboxylic acid groups (broad SMARTS) is 1. The number of alkyl halides is 3. The van der Waals surface area contributed by atoms with E-state index in [-0.39, 0.29) is 5.56 Å². The van der Waals surface area contributed by atoms with Gasteiger partial charge in [-0.15, -0.1) is 0 Å². The molecule has 0 saturated heterocycles. The van der Waals surface area contributed by atoms with Crippen molar-refractivity contribution in [3.8, 4) is 0 Å². The molecule has 8 heteroatoms. The van der Waals surface area contributed by atoms with E-state index in [4.69, 9.17) is 5.11 Å². The van der Waals surface area contributed by atoms with Gasteiger partial charge in [-0.05, 0) is 24.6 Å². The third-order valence-corrected chi connectivity index (χ3v) is 2.94. The summed E-state index contributed by atoms with van der Waals surface area (Å²) in [6.07, 6.45) is -6.63. The molecule has 1 atom stereocenters. The Bertz CT molecular complexity index is 584. The number of benzene rings is 1. The van der Waals surface area contributed by atoms with Gasteiger partial charge in [0.05, 0.1) is 11.6 Å². The largest absolute Gasteiger partial charge is 0.465 e. The summed E-state index contributed by atoms with van der Waals surface area (Å²) in [7, 11) is 0. The maximum absolute atomic E-state index is 12.7. The fraction of sp³-hybridized carbons (Fsp3) is 0.357. The average molecular weight is 317 g/mol. The maximum atomic E-state index is 12.7. The van der Waals surface area contributed by atoms with E-state index < -0.39 is 42.0 Å². The topological polar surface area (TPSA) is 74.7 Å². The number of carbonyl (C=O) groups is 3. The first-order chi connectivity index (χ1) is 10.0. The van der Waals surface area contributed by atoms with Gasteiger partial charge in [-0.2, -0.15) is 13.2 Å². The number of hydrogen-bond acceptors (Lipinski definition) is 3. The zero-order valence-electron chi connectivity index (χ0n) is 11.8. The van der Waals surface area contributed by atoms with E-state index >= 15 is 0 Å². The molecular weight excluding hydrogens is 303 g/mol. The average Bonchev–Trinajstić information content (AvgIpc) is 2.35. The number of ketones is 1. The highest BCUT2D eigenvalue weighted by atomic mass is 19.4. The molecule has 0 aliphatic carbocycles. The number of hydrogen-bond donors (Lipinski definition) is 1. The summed E-state index contributed by atoms with van der Waals surface area (Å²) in [5, 5.41) is 9.09. The molecule has 0 bridgehead atoms. The zero-order valence-corrected chi connectivity index (χ0v) is 11.8. The van der Waals surface area contributed by atoms with Crippen LogP contribution in [0.1, 0.15) is 37.4 Å². The SMILES string of the molecule is CC(=O)CC(c1cccc(C(F)(F)F)c1)N(C(C)=O)C(=O)O. The minimum Gasteiger partial charge on any atom is -0.465 e. The van der Waals surface area contributed by atoms with Crippen LogP contribution in [0.2, 0.25) is 0 Å². The standard InChI is InChI=1S/C14H14F3NO4/c1-8(19)6-12(18(9(2)20)13(21)22)10-4-3-5-11(7-10)14(15,16)17/h3-5,7,12H,6H2,1-2H3,(H,21,22). The van der Waals surface area contributed by atoms with Crippen molar-refractivity contribution in [1.29, 1.82) is 0 Å². The van der Waals surface area contributed by atoms with Gasteiger partial charge in [-0.3, -0.25) is 9.59 Å². The molecule has 0 aliphatic rings. The first-order valence-electron chi connectivity index (χ1n) is 6.23. The first kappa shape index (κ1) is 17.7. The highest BCUT2D eigenvalue weighted by Crippen LogP contribution is 2.33. The normalized spacial score (nSPS) is 12.6. The molecule has 0 fully saturated rings. The lowest BCUT2D eigenvalue weighted by molar-refractivity contribution is -0.137. The molecule has 1 rings (SSSR count). The summed E-state index contributed by atoms with van der Waals surface area (Å²) in [5.74, 6) is -1.33. The van der Waals surface area contributed by atoms with Crippen LogP contribution in [-0.4, -0.2) is 27.8 Å². The number of carbonyl (C=O) groups excluding carboxylic acids is 2. The highest BCUT2D eigenvalue weighted by molar-refractivity contribution is 5.91. The van der Waals surface area contributed by atoms with Crippen molar-refractivity contribution in [1.82, 2.24) is 4.90 Å². The van der Waals surface area contributed by atoms with Crippen LogP contribution in [0.25, 0.3) is 0 Å². The van der Waals surface area contributed by atoms with Gasteiger partial charge in [0.1, 0.15) is 5.78 Å². The number of halogens is 3. The molecule has 120 valence electrons. The molecule has 1 unspecified atom stereocenters. The van der Waals surface area contributed by atoms with Crippen LogP contribution in [0.3, 0.4) is 0 Å². The van der Waals surface area contributed by atoms with E-state index in [9.17, 15) is 27.6 Å². The van der Waals surface area contributed by atoms with Crippen molar-refractivity contribution >= 4 is 17.8 Å². The number of rotatable bonds is 4. The van der Waals surface area contributed by atoms with E-state index in [1.807, 2.05) is 0 Å². The quantitative estimate of drug-likeness (QED) is 0.925. The number of nitrogens with zero attached hydrogens (tertiary/aromatic N) is 1. The van der Waals surface area contributed by atoms with Gasteiger partial charge in [0.25, 0.3) is 0 Å². The van der Waals surface area contributed by atoms with Gasteiger partial charge in [0, 0.05) is 13.3 Å². The van der Waals surface area contributed by atoms with E-state index in [1.165, 1.54) is 13.0 Å². The summed E-state index contributed by atoms with van der Waals surface area (Å²) in [6.45, 7) is 2.13. The second-order valence-corrected chi connectivity index (χ2v) is 4.72. The lowest BCUT2D eigenvalue weighted by Crippen LogP contribution is -2.38. The van der Waals surface area contributed by atoms with Crippen molar-refractivity contribution in [3.05, 3.63) is 35.4 Å². The number of Topliss-reactive ketones (excluding diaryl/α,β-unsaturated/α-hetero) is 1. The molecule has 0 heterocycles. The Balaban J connectivity index is 3.36. The van der Waals surface area contributed by atoms with Crippen LogP contribution in [0.5, 0.6) is 0 Å².